The number of rotatable bonds is 9. The second-order valence-electron chi connectivity index (χ2n) is 9.84. The van der Waals surface area contributed by atoms with E-state index < -0.39 is 11.3 Å². The smallest absolute Gasteiger partial charge is 0.268 e. The number of hydrogen-bond acceptors (Lipinski definition) is 3. The minimum Gasteiger partial charge on any atom is -0.325 e. The monoisotopic (exact) mass is 515 g/mol. The van der Waals surface area contributed by atoms with E-state index in [1.165, 1.54) is 16.6 Å². The van der Waals surface area contributed by atoms with Crippen LogP contribution in [0.4, 0.5) is 5.69 Å². The van der Waals surface area contributed by atoms with Crippen LogP contribution in [0.25, 0.3) is 22.2 Å². The molecule has 0 radical (unpaired) electrons. The summed E-state index contributed by atoms with van der Waals surface area (Å²) < 4.78 is 25.5. The van der Waals surface area contributed by atoms with E-state index in [2.05, 4.69) is 49.6 Å². The van der Waals surface area contributed by atoms with Gasteiger partial charge in [-0.05, 0) is 67.5 Å². The maximum absolute atomic E-state index is 12.8. The van der Waals surface area contributed by atoms with Crippen LogP contribution in [0.15, 0.2) is 60.7 Å². The first-order chi connectivity index (χ1) is 17.9. The Hall–Kier alpha value is -3.29. The first kappa shape index (κ1) is 25.4. The number of nitrogens with zero attached hydrogens (tertiary/aromatic N) is 3. The molecule has 1 unspecified atom stereocenters. The number of carbonyl (C=O) groups excluding carboxylic acids is 1. The van der Waals surface area contributed by atoms with Crippen LogP contribution >= 0.6 is 0 Å². The summed E-state index contributed by atoms with van der Waals surface area (Å²) in [5.41, 5.74) is 7.95. The Bertz CT molecular complexity index is 1470. The van der Waals surface area contributed by atoms with Crippen molar-refractivity contribution in [3.63, 3.8) is 0 Å². The summed E-state index contributed by atoms with van der Waals surface area (Å²) in [6, 6.07) is 20.0. The lowest BCUT2D eigenvalue weighted by molar-refractivity contribution is -0.118. The van der Waals surface area contributed by atoms with Gasteiger partial charge in [-0.1, -0.05) is 62.7 Å². The molecule has 0 aliphatic heterocycles. The Balaban J connectivity index is 1.49. The average Bonchev–Trinajstić information content (AvgIpc) is 3.69. The second-order valence-corrected chi connectivity index (χ2v) is 10.7. The molecule has 192 valence electrons. The molecule has 1 N–H and O–H groups in total. The number of carbonyl (C=O) groups is 1. The molecular formula is C30H33N3O3S. The van der Waals surface area contributed by atoms with Gasteiger partial charge in [-0.15, -0.1) is 0 Å². The van der Waals surface area contributed by atoms with Crippen LogP contribution in [0, 0.1) is 12.8 Å². The predicted molar refractivity (Wildman–Crippen MR) is 150 cm³/mol. The van der Waals surface area contributed by atoms with Crippen molar-refractivity contribution in [2.24, 2.45) is 5.92 Å². The number of benzene rings is 2. The molecular weight excluding hydrogens is 482 g/mol. The van der Waals surface area contributed by atoms with Gasteiger partial charge in [0.25, 0.3) is 11.3 Å². The van der Waals surface area contributed by atoms with Gasteiger partial charge >= 0.3 is 0 Å². The number of pyridine rings is 1. The fourth-order valence-corrected chi connectivity index (χ4v) is 5.59. The van der Waals surface area contributed by atoms with Gasteiger partial charge in [-0.3, -0.25) is 9.35 Å². The zero-order chi connectivity index (χ0) is 26.1. The van der Waals surface area contributed by atoms with Crippen molar-refractivity contribution in [1.82, 2.24) is 9.55 Å². The largest absolute Gasteiger partial charge is 0.325 e. The van der Waals surface area contributed by atoms with Crippen molar-refractivity contribution >= 4 is 33.9 Å². The highest BCUT2D eigenvalue weighted by Crippen LogP contribution is 2.37. The van der Waals surface area contributed by atoms with Gasteiger partial charge < -0.3 is 4.57 Å². The van der Waals surface area contributed by atoms with Gasteiger partial charge in [-0.2, -0.15) is 0 Å². The maximum Gasteiger partial charge on any atom is 0.268 e. The van der Waals surface area contributed by atoms with E-state index in [1.54, 1.807) is 12.1 Å². The molecule has 1 aliphatic carbocycles. The molecule has 2 aromatic carbocycles. The van der Waals surface area contributed by atoms with Crippen LogP contribution in [0.5, 0.6) is 0 Å². The second kappa shape index (κ2) is 10.6. The standard InChI is InChI=1S/C30H33N3O3S/c1-4-8-25-18-27-20(3)17-24(5-2)31-29(27)32(25)19-21-11-13-22(14-12-21)26-9-6-7-10-28(26)33(37(35)36)30(34)23-15-16-23/h6-7,9-14,17-18,23H,4-5,8,15-16,19H2,1-3H3,(H,35,36). The van der Waals surface area contributed by atoms with Gasteiger partial charge in [-0.25, -0.2) is 13.5 Å². The highest BCUT2D eigenvalue weighted by Gasteiger charge is 2.37. The topological polar surface area (TPSA) is 75.4 Å². The van der Waals surface area contributed by atoms with Crippen molar-refractivity contribution in [2.75, 3.05) is 4.31 Å². The molecule has 2 heterocycles. The van der Waals surface area contributed by atoms with E-state index in [4.69, 9.17) is 4.98 Å². The van der Waals surface area contributed by atoms with Crippen LogP contribution in [0.2, 0.25) is 0 Å². The van der Waals surface area contributed by atoms with Gasteiger partial charge in [0.2, 0.25) is 5.91 Å². The van der Waals surface area contributed by atoms with Crippen molar-refractivity contribution in [3.05, 3.63) is 83.2 Å². The van der Waals surface area contributed by atoms with Crippen LogP contribution in [-0.2, 0) is 35.4 Å². The third kappa shape index (κ3) is 5.11. The Morgan fingerprint density at radius 3 is 2.49 bits per heavy atom. The molecule has 0 spiro atoms. The van der Waals surface area contributed by atoms with Gasteiger partial charge in [0.05, 0.1) is 5.69 Å². The fraction of sp³-hybridized carbons (Fsp3) is 0.333. The molecule has 1 fully saturated rings. The molecule has 1 saturated carbocycles. The minimum absolute atomic E-state index is 0.161. The summed E-state index contributed by atoms with van der Waals surface area (Å²) in [4.78, 5) is 17.8. The summed E-state index contributed by atoms with van der Waals surface area (Å²) in [7, 11) is 0. The number of amides is 1. The third-order valence-electron chi connectivity index (χ3n) is 7.09. The predicted octanol–water partition coefficient (Wildman–Crippen LogP) is 6.45. The minimum atomic E-state index is -2.43. The first-order valence-corrected chi connectivity index (χ1v) is 14.1. The molecule has 1 atom stereocenters. The number of aromatic nitrogens is 2. The maximum atomic E-state index is 12.8. The first-order valence-electron chi connectivity index (χ1n) is 13.0. The molecule has 6 nitrogen and oxygen atoms in total. The summed E-state index contributed by atoms with van der Waals surface area (Å²) in [5, 5.41) is 1.21. The SMILES string of the molecule is CCCc1cc2c(C)cc(CC)nc2n1Cc1ccc(-c2ccccc2N(C(=O)C2CC2)S(=O)O)cc1. The van der Waals surface area contributed by atoms with E-state index in [0.29, 0.717) is 12.2 Å². The molecule has 0 bridgehead atoms. The lowest BCUT2D eigenvalue weighted by Gasteiger charge is -2.21. The van der Waals surface area contributed by atoms with Crippen molar-refractivity contribution < 1.29 is 13.6 Å². The molecule has 1 amide bonds. The molecule has 1 aliphatic rings. The Labute approximate surface area is 220 Å². The summed E-state index contributed by atoms with van der Waals surface area (Å²) in [6.45, 7) is 7.21. The van der Waals surface area contributed by atoms with E-state index in [1.807, 2.05) is 24.3 Å². The van der Waals surface area contributed by atoms with Gasteiger partial charge in [0, 0.05) is 34.8 Å². The molecule has 7 heteroatoms. The molecule has 37 heavy (non-hydrogen) atoms. The van der Waals surface area contributed by atoms with Gasteiger partial charge in [0.1, 0.15) is 5.65 Å². The van der Waals surface area contributed by atoms with Crippen LogP contribution in [-0.4, -0.2) is 24.2 Å². The summed E-state index contributed by atoms with van der Waals surface area (Å²) >= 11 is -2.43. The van der Waals surface area contributed by atoms with Crippen LogP contribution in [0.3, 0.4) is 0 Å². The van der Waals surface area contributed by atoms with E-state index in [0.717, 1.165) is 64.4 Å². The number of anilines is 1. The summed E-state index contributed by atoms with van der Waals surface area (Å²) in [5.74, 6) is -0.451. The normalized spacial score (nSPS) is 14.2. The number of hydrogen-bond donors (Lipinski definition) is 1. The Morgan fingerprint density at radius 1 is 1.11 bits per heavy atom. The van der Waals surface area contributed by atoms with E-state index >= 15 is 0 Å². The lowest BCUT2D eigenvalue weighted by atomic mass is 10.0. The number of para-hydroxylation sites is 1. The van der Waals surface area contributed by atoms with Crippen molar-refractivity contribution in [3.8, 4) is 11.1 Å². The Kier molecular flexibility index (Phi) is 7.26. The average molecular weight is 516 g/mol. The van der Waals surface area contributed by atoms with E-state index in [9.17, 15) is 13.6 Å². The molecule has 5 rings (SSSR count). The Morgan fingerprint density at radius 2 is 1.84 bits per heavy atom. The fourth-order valence-electron chi connectivity index (χ4n) is 4.96. The highest BCUT2D eigenvalue weighted by molar-refractivity contribution is 7.81. The third-order valence-corrected chi connectivity index (χ3v) is 7.78. The van der Waals surface area contributed by atoms with Crippen LogP contribution in [0.1, 0.15) is 55.6 Å². The lowest BCUT2D eigenvalue weighted by Crippen LogP contribution is -2.34. The summed E-state index contributed by atoms with van der Waals surface area (Å²) in [6.07, 6.45) is 4.50. The van der Waals surface area contributed by atoms with Crippen LogP contribution < -0.4 is 4.31 Å². The zero-order valence-corrected chi connectivity index (χ0v) is 22.4. The quantitative estimate of drug-likeness (QED) is 0.260. The van der Waals surface area contributed by atoms with Gasteiger partial charge in [0.15, 0.2) is 0 Å². The zero-order valence-electron chi connectivity index (χ0n) is 21.6. The number of fused-ring (bicyclic) bond motifs is 1. The van der Waals surface area contributed by atoms with Crippen molar-refractivity contribution in [2.45, 2.75) is 59.4 Å². The number of aryl methyl sites for hydroxylation is 3. The van der Waals surface area contributed by atoms with Crippen molar-refractivity contribution in [1.29, 1.82) is 0 Å². The molecule has 4 aromatic rings. The molecule has 2 aromatic heterocycles. The molecule has 0 saturated heterocycles. The van der Waals surface area contributed by atoms with E-state index in [-0.39, 0.29) is 11.8 Å². The highest BCUT2D eigenvalue weighted by atomic mass is 32.2.